The van der Waals surface area contributed by atoms with Crippen LogP contribution in [0.3, 0.4) is 0 Å². The fourth-order valence-corrected chi connectivity index (χ4v) is 2.66. The summed E-state index contributed by atoms with van der Waals surface area (Å²) in [5, 5.41) is 0. The minimum Gasteiger partial charge on any atom is -0.380 e. The van der Waals surface area contributed by atoms with Crippen molar-refractivity contribution in [3.8, 4) is 0 Å². The van der Waals surface area contributed by atoms with Crippen LogP contribution in [0.4, 0.5) is 0 Å². The molecule has 0 aromatic rings. The lowest BCUT2D eigenvalue weighted by molar-refractivity contribution is -0.0213. The van der Waals surface area contributed by atoms with Crippen LogP contribution in [-0.4, -0.2) is 67.8 Å². The van der Waals surface area contributed by atoms with Crippen molar-refractivity contribution < 1.29 is 4.74 Å². The Morgan fingerprint density at radius 2 is 2.12 bits per heavy atom. The molecule has 3 N–H and O–H groups in total. The largest absolute Gasteiger partial charge is 0.380 e. The van der Waals surface area contributed by atoms with Gasteiger partial charge in [-0.3, -0.25) is 21.1 Å². The Kier molecular flexibility index (Phi) is 4.55. The summed E-state index contributed by atoms with van der Waals surface area (Å²) in [5.41, 5.74) is 2.92. The van der Waals surface area contributed by atoms with E-state index in [4.69, 9.17) is 10.6 Å². The summed E-state index contributed by atoms with van der Waals surface area (Å²) in [4.78, 5) is 5.06. The third-order valence-corrected chi connectivity index (χ3v) is 3.65. The van der Waals surface area contributed by atoms with Crippen LogP contribution in [-0.2, 0) is 4.74 Å². The number of nitrogens with zero attached hydrogens (tertiary/aromatic N) is 2. The predicted octanol–water partition coefficient (Wildman–Crippen LogP) is -0.755. The highest BCUT2D eigenvalue weighted by Gasteiger charge is 2.36. The number of ether oxygens (including phenoxy) is 1. The monoisotopic (exact) mass is 228 g/mol. The van der Waals surface area contributed by atoms with Gasteiger partial charge in [0.2, 0.25) is 0 Å². The highest BCUT2D eigenvalue weighted by Crippen LogP contribution is 2.18. The zero-order chi connectivity index (χ0) is 11.4. The molecule has 0 saturated carbocycles. The van der Waals surface area contributed by atoms with Crippen molar-refractivity contribution in [1.29, 1.82) is 0 Å². The fraction of sp³-hybridized carbons (Fsp3) is 1.00. The van der Waals surface area contributed by atoms with Crippen LogP contribution in [0.25, 0.3) is 0 Å². The number of hydrogen-bond donors (Lipinski definition) is 2. The topological polar surface area (TPSA) is 53.8 Å². The van der Waals surface area contributed by atoms with Gasteiger partial charge in [-0.05, 0) is 6.42 Å². The first kappa shape index (κ1) is 12.3. The van der Waals surface area contributed by atoms with E-state index >= 15 is 0 Å². The molecular formula is C11H24N4O. The number of nitrogens with one attached hydrogen (secondary N) is 1. The molecule has 3 saturated heterocycles. The average Bonchev–Trinajstić information content (AvgIpc) is 2.36. The van der Waals surface area contributed by atoms with Crippen molar-refractivity contribution in [3.05, 3.63) is 0 Å². The van der Waals surface area contributed by atoms with E-state index in [9.17, 15) is 0 Å². The number of nitrogens with two attached hydrogens (primary N) is 1. The first-order valence-corrected chi connectivity index (χ1v) is 6.35. The van der Waals surface area contributed by atoms with Gasteiger partial charge in [-0.25, -0.2) is 0 Å². The predicted molar refractivity (Wildman–Crippen MR) is 64.0 cm³/mol. The maximum atomic E-state index is 5.64. The Hall–Kier alpha value is -0.200. The standard InChI is InChI=1S/C11H24N4O/c1-2-7-16-9-10(13-12)11-8-14-3-5-15(11)6-4-14/h10-11,13H,2-9,12H2,1H3. The van der Waals surface area contributed by atoms with Crippen LogP contribution in [0.5, 0.6) is 0 Å². The Morgan fingerprint density at radius 3 is 2.62 bits per heavy atom. The molecule has 3 fully saturated rings. The molecule has 3 heterocycles. The molecule has 0 aliphatic carbocycles. The molecule has 2 atom stereocenters. The van der Waals surface area contributed by atoms with E-state index in [-0.39, 0.29) is 6.04 Å². The van der Waals surface area contributed by atoms with Crippen molar-refractivity contribution in [3.63, 3.8) is 0 Å². The van der Waals surface area contributed by atoms with Crippen molar-refractivity contribution in [2.24, 2.45) is 5.84 Å². The van der Waals surface area contributed by atoms with Crippen molar-refractivity contribution in [2.75, 3.05) is 45.9 Å². The molecule has 3 aliphatic rings. The number of piperazine rings is 3. The van der Waals surface area contributed by atoms with Gasteiger partial charge in [0.05, 0.1) is 12.6 Å². The van der Waals surface area contributed by atoms with Gasteiger partial charge in [0.1, 0.15) is 0 Å². The number of hydrogen-bond acceptors (Lipinski definition) is 5. The lowest BCUT2D eigenvalue weighted by Gasteiger charge is -2.49. The minimum atomic E-state index is 0.259. The molecule has 0 radical (unpaired) electrons. The van der Waals surface area contributed by atoms with Crippen LogP contribution >= 0.6 is 0 Å². The highest BCUT2D eigenvalue weighted by molar-refractivity contribution is 4.94. The molecule has 0 amide bonds. The van der Waals surface area contributed by atoms with Crippen LogP contribution in [0.15, 0.2) is 0 Å². The van der Waals surface area contributed by atoms with E-state index in [1.54, 1.807) is 0 Å². The molecule has 0 spiro atoms. The molecule has 0 aromatic carbocycles. The van der Waals surface area contributed by atoms with Gasteiger partial charge < -0.3 is 4.74 Å². The summed E-state index contributed by atoms with van der Waals surface area (Å²) < 4.78 is 5.61. The SMILES string of the molecule is CCCOCC(NN)C1CN2CCN1CC2. The first-order valence-electron chi connectivity index (χ1n) is 6.35. The van der Waals surface area contributed by atoms with Crippen LogP contribution < -0.4 is 11.3 Å². The second-order valence-corrected chi connectivity index (χ2v) is 4.75. The third kappa shape index (κ3) is 2.73. The van der Waals surface area contributed by atoms with Gasteiger partial charge in [-0.15, -0.1) is 0 Å². The molecule has 3 aliphatic heterocycles. The van der Waals surface area contributed by atoms with E-state index in [1.165, 1.54) is 26.2 Å². The summed E-state index contributed by atoms with van der Waals surface area (Å²) in [6.45, 7) is 9.58. The van der Waals surface area contributed by atoms with Crippen molar-refractivity contribution >= 4 is 0 Å². The lowest BCUT2D eigenvalue weighted by atomic mass is 10.0. The van der Waals surface area contributed by atoms with E-state index < -0.39 is 0 Å². The highest BCUT2D eigenvalue weighted by atomic mass is 16.5. The minimum absolute atomic E-state index is 0.259. The Bertz CT molecular complexity index is 206. The number of fused-ring (bicyclic) bond motifs is 3. The van der Waals surface area contributed by atoms with Gasteiger partial charge in [0.15, 0.2) is 0 Å². The summed E-state index contributed by atoms with van der Waals surface area (Å²) in [5.74, 6) is 5.64. The third-order valence-electron chi connectivity index (χ3n) is 3.65. The molecule has 5 heteroatoms. The molecule has 2 bridgehead atoms. The Labute approximate surface area is 97.9 Å². The number of rotatable bonds is 6. The molecule has 2 unspecified atom stereocenters. The average molecular weight is 228 g/mol. The summed E-state index contributed by atoms with van der Waals surface area (Å²) in [6, 6.07) is 0.777. The van der Waals surface area contributed by atoms with Crippen LogP contribution in [0.1, 0.15) is 13.3 Å². The summed E-state index contributed by atoms with van der Waals surface area (Å²) in [6.07, 6.45) is 1.07. The van der Waals surface area contributed by atoms with E-state index in [1.807, 2.05) is 0 Å². The molecule has 5 nitrogen and oxygen atoms in total. The number of hydrazine groups is 1. The van der Waals surface area contributed by atoms with Gasteiger partial charge in [-0.1, -0.05) is 6.92 Å². The first-order chi connectivity index (χ1) is 7.85. The van der Waals surface area contributed by atoms with Crippen LogP contribution in [0, 0.1) is 0 Å². The van der Waals surface area contributed by atoms with Crippen LogP contribution in [0.2, 0.25) is 0 Å². The van der Waals surface area contributed by atoms with Gasteiger partial charge in [-0.2, -0.15) is 0 Å². The fourth-order valence-electron chi connectivity index (χ4n) is 2.66. The van der Waals surface area contributed by atoms with E-state index in [0.717, 1.165) is 26.2 Å². The molecule has 16 heavy (non-hydrogen) atoms. The molecular weight excluding hydrogens is 204 g/mol. The van der Waals surface area contributed by atoms with Gasteiger partial charge >= 0.3 is 0 Å². The zero-order valence-corrected chi connectivity index (χ0v) is 10.2. The quantitative estimate of drug-likeness (QED) is 0.356. The van der Waals surface area contributed by atoms with Gasteiger partial charge in [0, 0.05) is 45.4 Å². The van der Waals surface area contributed by atoms with E-state index in [2.05, 4.69) is 22.1 Å². The Morgan fingerprint density at radius 1 is 1.38 bits per heavy atom. The van der Waals surface area contributed by atoms with E-state index in [0.29, 0.717) is 6.04 Å². The Balaban J connectivity index is 1.83. The maximum absolute atomic E-state index is 5.64. The van der Waals surface area contributed by atoms with Gasteiger partial charge in [0.25, 0.3) is 0 Å². The lowest BCUT2D eigenvalue weighted by Crippen LogP contribution is -2.67. The smallest absolute Gasteiger partial charge is 0.0648 e. The summed E-state index contributed by atoms with van der Waals surface area (Å²) in [7, 11) is 0. The second kappa shape index (κ2) is 5.93. The normalized spacial score (nSPS) is 35.2. The molecule has 94 valence electrons. The molecule has 0 aromatic heterocycles. The zero-order valence-electron chi connectivity index (χ0n) is 10.2. The van der Waals surface area contributed by atoms with Crippen molar-refractivity contribution in [2.45, 2.75) is 25.4 Å². The second-order valence-electron chi connectivity index (χ2n) is 4.75. The molecule has 3 rings (SSSR count). The van der Waals surface area contributed by atoms with Crippen molar-refractivity contribution in [1.82, 2.24) is 15.2 Å². The maximum Gasteiger partial charge on any atom is 0.0648 e. The summed E-state index contributed by atoms with van der Waals surface area (Å²) >= 11 is 0.